The maximum Gasteiger partial charge on any atom is 0.301 e. The Morgan fingerprint density at radius 2 is 1.57 bits per heavy atom. The number of unbranched alkanes of at least 4 members (excludes halogenated alkanes) is 5. The molecule has 6 rings (SSSR count). The van der Waals surface area contributed by atoms with Crippen molar-refractivity contribution >= 4 is 22.8 Å². The Morgan fingerprint density at radius 1 is 0.878 bits per heavy atom. The lowest BCUT2D eigenvalue weighted by Gasteiger charge is -2.31. The Labute approximate surface area is 295 Å². The van der Waals surface area contributed by atoms with Crippen LogP contribution in [-0.4, -0.2) is 58.8 Å². The zero-order valence-electron chi connectivity index (χ0n) is 29.4. The molecule has 0 bridgehead atoms. The number of aromatic nitrogens is 3. The highest BCUT2D eigenvalue weighted by Crippen LogP contribution is 2.36. The van der Waals surface area contributed by atoms with Crippen LogP contribution in [0.25, 0.3) is 33.5 Å². The van der Waals surface area contributed by atoms with Crippen molar-refractivity contribution in [3.63, 3.8) is 0 Å². The SMILES string of the molecule is CCCCCCCCC(CCOCn1c(O[C@@H]2CO[C@H]3[C@@H]2OC[C@@H]3F)nc2nc(-c3ccc(-c4ccccc4)cc3)c(Cl)cc21)C(C)(C)C. The molecule has 0 spiro atoms. The van der Waals surface area contributed by atoms with Gasteiger partial charge >= 0.3 is 6.01 Å². The number of imidazole rings is 1. The van der Waals surface area contributed by atoms with E-state index in [2.05, 4.69) is 52.0 Å². The molecule has 2 aliphatic heterocycles. The predicted octanol–water partition coefficient (Wildman–Crippen LogP) is 10.1. The molecule has 5 atom stereocenters. The zero-order valence-corrected chi connectivity index (χ0v) is 30.1. The van der Waals surface area contributed by atoms with E-state index in [1.807, 2.05) is 41.0 Å². The Bertz CT molecular complexity index is 1640. The van der Waals surface area contributed by atoms with E-state index in [1.165, 1.54) is 44.9 Å². The second kappa shape index (κ2) is 16.3. The maximum absolute atomic E-state index is 14.3. The van der Waals surface area contributed by atoms with Gasteiger partial charge in [0, 0.05) is 12.2 Å². The largest absolute Gasteiger partial charge is 0.456 e. The molecule has 1 unspecified atom stereocenters. The van der Waals surface area contributed by atoms with Gasteiger partial charge in [0.25, 0.3) is 0 Å². The van der Waals surface area contributed by atoms with Gasteiger partial charge in [-0.2, -0.15) is 4.98 Å². The van der Waals surface area contributed by atoms with Crippen molar-refractivity contribution < 1.29 is 23.3 Å². The summed E-state index contributed by atoms with van der Waals surface area (Å²) in [7, 11) is 0. The Hall–Kier alpha value is -3.04. The molecule has 2 fully saturated rings. The van der Waals surface area contributed by atoms with Gasteiger partial charge in [0.15, 0.2) is 17.9 Å². The van der Waals surface area contributed by atoms with E-state index in [9.17, 15) is 4.39 Å². The average molecular weight is 692 g/mol. The molecule has 0 N–H and O–H groups in total. The van der Waals surface area contributed by atoms with Gasteiger partial charge < -0.3 is 18.9 Å². The first-order chi connectivity index (χ1) is 23.7. The summed E-state index contributed by atoms with van der Waals surface area (Å²) in [4.78, 5) is 9.72. The van der Waals surface area contributed by atoms with Crippen LogP contribution in [0.1, 0.15) is 79.1 Å². The molecule has 2 aromatic heterocycles. The van der Waals surface area contributed by atoms with Crippen molar-refractivity contribution in [2.24, 2.45) is 11.3 Å². The lowest BCUT2D eigenvalue weighted by Crippen LogP contribution is -2.34. The first-order valence-electron chi connectivity index (χ1n) is 18.1. The standard InChI is InChI=1S/C40H51ClFN3O4/c1-5-6-7-8-9-13-16-30(40(2,3)4)21-22-46-26-45-33-23-31(41)35(29-19-17-28(18-20-29)27-14-11-10-12-15-27)43-38(33)44-39(45)49-34-25-48-36-32(42)24-47-37(34)36/h10-12,14-15,17-20,23,30,32,34,36-37H,5-9,13,16,21-22,24-26H2,1-4H3/t30?,32-,34+,36+,37+/m0/s1. The first-order valence-corrected chi connectivity index (χ1v) is 18.4. The molecular weight excluding hydrogens is 641 g/mol. The summed E-state index contributed by atoms with van der Waals surface area (Å²) in [5.74, 6) is 0.557. The highest BCUT2D eigenvalue weighted by molar-refractivity contribution is 6.33. The third-order valence-electron chi connectivity index (χ3n) is 10.1. The Morgan fingerprint density at radius 3 is 2.33 bits per heavy atom. The van der Waals surface area contributed by atoms with E-state index >= 15 is 0 Å². The summed E-state index contributed by atoms with van der Waals surface area (Å²) in [6.07, 6.45) is 7.19. The normalized spacial score (nSPS) is 21.3. The molecule has 2 aromatic carbocycles. The second-order valence-corrected chi connectivity index (χ2v) is 15.0. The highest BCUT2D eigenvalue weighted by Gasteiger charge is 2.49. The molecule has 7 nitrogen and oxygen atoms in total. The van der Waals surface area contributed by atoms with Gasteiger partial charge in [0.2, 0.25) is 0 Å². The van der Waals surface area contributed by atoms with Gasteiger partial charge in [0.05, 0.1) is 29.4 Å². The van der Waals surface area contributed by atoms with Crippen LogP contribution in [0.2, 0.25) is 5.02 Å². The van der Waals surface area contributed by atoms with Crippen molar-refractivity contribution in [3.05, 3.63) is 65.7 Å². The molecule has 0 aliphatic carbocycles. The van der Waals surface area contributed by atoms with Crippen molar-refractivity contribution in [3.8, 4) is 28.4 Å². The maximum atomic E-state index is 14.3. The van der Waals surface area contributed by atoms with Crippen molar-refractivity contribution in [2.45, 2.75) is 110 Å². The van der Waals surface area contributed by atoms with E-state index in [0.29, 0.717) is 40.4 Å². The Kier molecular flexibility index (Phi) is 11.9. The quantitative estimate of drug-likeness (QED) is 0.109. The predicted molar refractivity (Wildman–Crippen MR) is 194 cm³/mol. The van der Waals surface area contributed by atoms with Crippen molar-refractivity contribution in [1.29, 1.82) is 0 Å². The van der Waals surface area contributed by atoms with Gasteiger partial charge in [0.1, 0.15) is 18.9 Å². The second-order valence-electron chi connectivity index (χ2n) is 14.6. The molecule has 2 aliphatic rings. The van der Waals surface area contributed by atoms with E-state index in [-0.39, 0.29) is 25.4 Å². The fourth-order valence-electron chi connectivity index (χ4n) is 7.09. The molecular formula is C40H51ClFN3O4. The van der Waals surface area contributed by atoms with Crippen molar-refractivity contribution in [2.75, 3.05) is 19.8 Å². The van der Waals surface area contributed by atoms with Crippen LogP contribution in [0.4, 0.5) is 4.39 Å². The molecule has 49 heavy (non-hydrogen) atoms. The van der Waals surface area contributed by atoms with Gasteiger partial charge in [-0.1, -0.05) is 132 Å². The summed E-state index contributed by atoms with van der Waals surface area (Å²) in [6, 6.07) is 20.6. The molecule has 4 aromatic rings. The number of benzene rings is 2. The fourth-order valence-corrected chi connectivity index (χ4v) is 7.34. The van der Waals surface area contributed by atoms with Gasteiger partial charge in [-0.3, -0.25) is 4.57 Å². The first kappa shape index (κ1) is 35.8. The van der Waals surface area contributed by atoms with Crippen LogP contribution in [0, 0.1) is 11.3 Å². The van der Waals surface area contributed by atoms with Crippen LogP contribution in [0.15, 0.2) is 60.7 Å². The van der Waals surface area contributed by atoms with Crippen LogP contribution in [-0.2, 0) is 20.9 Å². The molecule has 2 saturated heterocycles. The van der Waals surface area contributed by atoms with Gasteiger partial charge in [-0.05, 0) is 41.4 Å². The van der Waals surface area contributed by atoms with E-state index < -0.39 is 24.5 Å². The molecule has 0 amide bonds. The number of nitrogens with zero attached hydrogens (tertiary/aromatic N) is 3. The van der Waals surface area contributed by atoms with Crippen molar-refractivity contribution in [1.82, 2.24) is 14.5 Å². The monoisotopic (exact) mass is 691 g/mol. The Balaban J connectivity index is 1.19. The number of rotatable bonds is 16. The molecule has 9 heteroatoms. The third kappa shape index (κ3) is 8.65. The number of fused-ring (bicyclic) bond motifs is 2. The summed E-state index contributed by atoms with van der Waals surface area (Å²) in [6.45, 7) is 10.3. The molecule has 4 heterocycles. The van der Waals surface area contributed by atoms with Gasteiger partial charge in [-0.15, -0.1) is 0 Å². The molecule has 0 radical (unpaired) electrons. The number of alkyl halides is 1. The number of hydrogen-bond donors (Lipinski definition) is 0. The minimum Gasteiger partial charge on any atom is -0.456 e. The summed E-state index contributed by atoms with van der Waals surface area (Å²) in [5, 5.41) is 0.503. The zero-order chi connectivity index (χ0) is 34.4. The minimum absolute atomic E-state index is 0.00594. The lowest BCUT2D eigenvalue weighted by molar-refractivity contribution is 0.0125. The van der Waals surface area contributed by atoms with E-state index in [4.69, 9.17) is 40.5 Å². The van der Waals surface area contributed by atoms with E-state index in [0.717, 1.165) is 23.1 Å². The number of ether oxygens (including phenoxy) is 4. The lowest BCUT2D eigenvalue weighted by atomic mass is 9.76. The molecule has 264 valence electrons. The average Bonchev–Trinajstić information content (AvgIpc) is 3.77. The molecule has 0 saturated carbocycles. The highest BCUT2D eigenvalue weighted by atomic mass is 35.5. The van der Waals surface area contributed by atoms with E-state index in [1.54, 1.807) is 0 Å². The smallest absolute Gasteiger partial charge is 0.301 e. The summed E-state index contributed by atoms with van der Waals surface area (Å²) < 4.78 is 40.4. The summed E-state index contributed by atoms with van der Waals surface area (Å²) in [5.41, 5.74) is 5.17. The van der Waals surface area contributed by atoms with Crippen LogP contribution < -0.4 is 4.74 Å². The number of halogens is 2. The van der Waals surface area contributed by atoms with Gasteiger partial charge in [-0.25, -0.2) is 9.37 Å². The minimum atomic E-state index is -1.16. The number of pyridine rings is 1. The fraction of sp³-hybridized carbons (Fsp3) is 0.550. The van der Waals surface area contributed by atoms with Crippen LogP contribution in [0.5, 0.6) is 6.01 Å². The van der Waals surface area contributed by atoms with Crippen LogP contribution in [0.3, 0.4) is 0 Å². The summed E-state index contributed by atoms with van der Waals surface area (Å²) >= 11 is 6.91. The topological polar surface area (TPSA) is 67.6 Å². The third-order valence-corrected chi connectivity index (χ3v) is 10.4. The number of hydrogen-bond acceptors (Lipinski definition) is 6. The van der Waals surface area contributed by atoms with Crippen LogP contribution >= 0.6 is 11.6 Å².